The summed E-state index contributed by atoms with van der Waals surface area (Å²) < 4.78 is 9.99. The van der Waals surface area contributed by atoms with E-state index < -0.39 is 5.97 Å². The fourth-order valence-electron chi connectivity index (χ4n) is 2.56. The molecule has 136 valence electrons. The maximum Gasteiger partial charge on any atom is 0.337 e. The average molecular weight is 376 g/mol. The number of morpholine rings is 1. The summed E-state index contributed by atoms with van der Waals surface area (Å²) in [7, 11) is 1.29. The Morgan fingerprint density at radius 2 is 1.92 bits per heavy atom. The van der Waals surface area contributed by atoms with Crippen molar-refractivity contribution in [2.45, 2.75) is 0 Å². The summed E-state index contributed by atoms with van der Waals surface area (Å²) in [6.07, 6.45) is 1.51. The lowest BCUT2D eigenvalue weighted by Gasteiger charge is -2.27. The fraction of sp³-hybridized carbons (Fsp3) is 0.278. The molecule has 1 aliphatic heterocycles. The van der Waals surface area contributed by atoms with Crippen molar-refractivity contribution < 1.29 is 19.1 Å². The number of nitrogens with zero attached hydrogens (tertiary/aromatic N) is 2. The number of hydrogen-bond acceptors (Lipinski definition) is 6. The Morgan fingerprint density at radius 3 is 2.58 bits per heavy atom. The van der Waals surface area contributed by atoms with Gasteiger partial charge in [-0.05, 0) is 30.3 Å². The summed E-state index contributed by atoms with van der Waals surface area (Å²) in [6.45, 7) is 2.88. The van der Waals surface area contributed by atoms with Gasteiger partial charge in [0.1, 0.15) is 5.82 Å². The summed E-state index contributed by atoms with van der Waals surface area (Å²) in [6, 6.07) is 8.03. The van der Waals surface area contributed by atoms with Gasteiger partial charge < -0.3 is 19.7 Å². The van der Waals surface area contributed by atoms with E-state index in [9.17, 15) is 9.59 Å². The normalized spacial score (nSPS) is 14.0. The van der Waals surface area contributed by atoms with Crippen LogP contribution in [0.4, 0.5) is 11.5 Å². The number of anilines is 2. The van der Waals surface area contributed by atoms with Crippen LogP contribution < -0.4 is 10.2 Å². The molecule has 0 radical (unpaired) electrons. The highest BCUT2D eigenvalue weighted by molar-refractivity contribution is 6.34. The van der Waals surface area contributed by atoms with Crippen molar-refractivity contribution in [1.82, 2.24) is 4.98 Å². The van der Waals surface area contributed by atoms with Crippen LogP contribution in [0.2, 0.25) is 5.02 Å². The van der Waals surface area contributed by atoms with E-state index in [1.165, 1.54) is 31.5 Å². The number of pyridine rings is 1. The predicted molar refractivity (Wildman–Crippen MR) is 98.0 cm³/mol. The van der Waals surface area contributed by atoms with Crippen LogP contribution in [0.1, 0.15) is 20.7 Å². The van der Waals surface area contributed by atoms with E-state index in [2.05, 4.69) is 19.9 Å². The van der Waals surface area contributed by atoms with Crippen molar-refractivity contribution in [3.63, 3.8) is 0 Å². The largest absolute Gasteiger partial charge is 0.465 e. The number of carbonyl (C=O) groups excluding carboxylic acids is 2. The number of ether oxygens (including phenoxy) is 2. The molecule has 0 unspecified atom stereocenters. The molecule has 1 fully saturated rings. The van der Waals surface area contributed by atoms with Crippen LogP contribution in [0.15, 0.2) is 36.5 Å². The van der Waals surface area contributed by atoms with Crippen molar-refractivity contribution in [3.8, 4) is 0 Å². The number of esters is 1. The number of benzene rings is 1. The number of amides is 1. The third-order valence-corrected chi connectivity index (χ3v) is 4.31. The minimum atomic E-state index is -0.506. The zero-order chi connectivity index (χ0) is 18.5. The summed E-state index contributed by atoms with van der Waals surface area (Å²) >= 11 is 6.10. The Balaban J connectivity index is 1.72. The first kappa shape index (κ1) is 18.2. The number of nitrogens with one attached hydrogen (secondary N) is 1. The van der Waals surface area contributed by atoms with Crippen LogP contribution in [0.5, 0.6) is 0 Å². The van der Waals surface area contributed by atoms with Crippen LogP contribution in [0.3, 0.4) is 0 Å². The standard InChI is InChI=1S/C18H18ClN3O4/c1-25-18(24)12-2-4-14(19)15(10-12)21-17(23)13-3-5-16(20-11-13)22-6-8-26-9-7-22/h2-5,10-11H,6-9H2,1H3,(H,21,23). The summed E-state index contributed by atoms with van der Waals surface area (Å²) in [5.74, 6) is -0.0702. The molecule has 2 aromatic rings. The monoisotopic (exact) mass is 375 g/mol. The molecule has 1 N–H and O–H groups in total. The van der Waals surface area contributed by atoms with Crippen molar-refractivity contribution in [3.05, 3.63) is 52.7 Å². The highest BCUT2D eigenvalue weighted by Gasteiger charge is 2.15. The van der Waals surface area contributed by atoms with Gasteiger partial charge in [0.2, 0.25) is 0 Å². The van der Waals surface area contributed by atoms with Gasteiger partial charge >= 0.3 is 5.97 Å². The number of methoxy groups -OCH3 is 1. The zero-order valence-corrected chi connectivity index (χ0v) is 15.0. The van der Waals surface area contributed by atoms with E-state index in [-0.39, 0.29) is 5.91 Å². The second-order valence-electron chi connectivity index (χ2n) is 5.64. The van der Waals surface area contributed by atoms with Gasteiger partial charge in [-0.25, -0.2) is 9.78 Å². The highest BCUT2D eigenvalue weighted by atomic mass is 35.5. The molecular formula is C18H18ClN3O4. The van der Waals surface area contributed by atoms with Crippen molar-refractivity contribution in [2.75, 3.05) is 43.6 Å². The Labute approximate surface area is 155 Å². The van der Waals surface area contributed by atoms with E-state index in [1.54, 1.807) is 12.1 Å². The van der Waals surface area contributed by atoms with Gasteiger partial charge in [0, 0.05) is 19.3 Å². The fourth-order valence-corrected chi connectivity index (χ4v) is 2.73. The number of hydrogen-bond donors (Lipinski definition) is 1. The minimum Gasteiger partial charge on any atom is -0.465 e. The lowest BCUT2D eigenvalue weighted by Crippen LogP contribution is -2.36. The quantitative estimate of drug-likeness (QED) is 0.827. The molecule has 1 aromatic carbocycles. The minimum absolute atomic E-state index is 0.299. The first-order chi connectivity index (χ1) is 12.6. The van der Waals surface area contributed by atoms with Gasteiger partial charge in [-0.2, -0.15) is 0 Å². The van der Waals surface area contributed by atoms with Crippen LogP contribution in [0.25, 0.3) is 0 Å². The first-order valence-electron chi connectivity index (χ1n) is 8.06. The Morgan fingerprint density at radius 1 is 1.19 bits per heavy atom. The van der Waals surface area contributed by atoms with Gasteiger partial charge in [0.25, 0.3) is 5.91 Å². The maximum absolute atomic E-state index is 12.4. The lowest BCUT2D eigenvalue weighted by atomic mass is 10.2. The number of aromatic nitrogens is 1. The number of rotatable bonds is 4. The molecule has 3 rings (SSSR count). The van der Waals surface area contributed by atoms with Gasteiger partial charge in [0.15, 0.2) is 0 Å². The second-order valence-corrected chi connectivity index (χ2v) is 6.05. The third kappa shape index (κ3) is 4.12. The van der Waals surface area contributed by atoms with E-state index >= 15 is 0 Å². The van der Waals surface area contributed by atoms with E-state index in [1.807, 2.05) is 0 Å². The van der Waals surface area contributed by atoms with Gasteiger partial charge in [-0.15, -0.1) is 0 Å². The average Bonchev–Trinajstić information content (AvgIpc) is 2.69. The summed E-state index contributed by atoms with van der Waals surface area (Å²) in [5, 5.41) is 3.02. The van der Waals surface area contributed by atoms with Crippen molar-refractivity contribution >= 4 is 35.0 Å². The van der Waals surface area contributed by atoms with Gasteiger partial charge in [-0.3, -0.25) is 4.79 Å². The summed E-state index contributed by atoms with van der Waals surface area (Å²) in [4.78, 5) is 30.5. The Hall–Kier alpha value is -2.64. The Bertz CT molecular complexity index is 805. The lowest BCUT2D eigenvalue weighted by molar-refractivity contribution is 0.0600. The third-order valence-electron chi connectivity index (χ3n) is 3.98. The van der Waals surface area contributed by atoms with Crippen molar-refractivity contribution in [1.29, 1.82) is 0 Å². The molecule has 0 spiro atoms. The van der Waals surface area contributed by atoms with E-state index in [0.29, 0.717) is 35.1 Å². The molecule has 7 nitrogen and oxygen atoms in total. The number of carbonyl (C=O) groups is 2. The predicted octanol–water partition coefficient (Wildman–Crippen LogP) is 2.61. The molecule has 1 aromatic heterocycles. The Kier molecular flexibility index (Phi) is 5.70. The molecule has 1 aliphatic rings. The number of halogens is 1. The van der Waals surface area contributed by atoms with Crippen LogP contribution in [0, 0.1) is 0 Å². The van der Waals surface area contributed by atoms with Crippen molar-refractivity contribution in [2.24, 2.45) is 0 Å². The van der Waals surface area contributed by atoms with Crippen LogP contribution in [-0.2, 0) is 9.47 Å². The summed E-state index contributed by atoms with van der Waals surface area (Å²) in [5.41, 5.74) is 1.02. The van der Waals surface area contributed by atoms with Crippen LogP contribution >= 0.6 is 11.6 Å². The van der Waals surface area contributed by atoms with E-state index in [4.69, 9.17) is 16.3 Å². The van der Waals surface area contributed by atoms with Crippen LogP contribution in [-0.4, -0.2) is 50.3 Å². The molecule has 26 heavy (non-hydrogen) atoms. The topological polar surface area (TPSA) is 80.8 Å². The van der Waals surface area contributed by atoms with Gasteiger partial charge in [-0.1, -0.05) is 11.6 Å². The second kappa shape index (κ2) is 8.16. The first-order valence-corrected chi connectivity index (χ1v) is 8.44. The molecule has 2 heterocycles. The van der Waals surface area contributed by atoms with E-state index in [0.717, 1.165) is 18.9 Å². The highest BCUT2D eigenvalue weighted by Crippen LogP contribution is 2.24. The molecule has 0 atom stereocenters. The molecule has 1 amide bonds. The maximum atomic E-state index is 12.4. The smallest absolute Gasteiger partial charge is 0.337 e. The molecule has 1 saturated heterocycles. The molecular weight excluding hydrogens is 358 g/mol. The molecule has 8 heteroatoms. The SMILES string of the molecule is COC(=O)c1ccc(Cl)c(NC(=O)c2ccc(N3CCOCC3)nc2)c1. The van der Waals surface area contributed by atoms with Gasteiger partial charge in [0.05, 0.1) is 42.2 Å². The molecule has 0 saturated carbocycles. The zero-order valence-electron chi connectivity index (χ0n) is 14.2. The molecule has 0 bridgehead atoms. The molecule has 0 aliphatic carbocycles.